The topological polar surface area (TPSA) is 82.3 Å². The molecule has 0 saturated heterocycles. The number of para-hydroxylation sites is 1. The van der Waals surface area contributed by atoms with E-state index in [4.69, 9.17) is 4.74 Å². The highest BCUT2D eigenvalue weighted by Gasteiger charge is 2.21. The second-order valence-electron chi connectivity index (χ2n) is 3.46. The number of benzene rings is 1. The Morgan fingerprint density at radius 2 is 2.11 bits per heavy atom. The molecule has 1 aromatic heterocycles. The summed E-state index contributed by atoms with van der Waals surface area (Å²) in [6, 6.07) is 6.21. The van der Waals surface area contributed by atoms with E-state index in [1.807, 2.05) is 0 Å². The number of carbonyl (C=O) groups excluding carboxylic acids is 1. The summed E-state index contributed by atoms with van der Waals surface area (Å²) < 4.78 is 18.7. The summed E-state index contributed by atoms with van der Waals surface area (Å²) in [7, 11) is 0. The number of ether oxygens (including phenoxy) is 1. The lowest BCUT2D eigenvalue weighted by atomic mass is 10.2. The van der Waals surface area contributed by atoms with E-state index in [9.17, 15) is 19.3 Å². The number of halogens is 1. The molecule has 2 aromatic rings. The lowest BCUT2D eigenvalue weighted by molar-refractivity contribution is -0.385. The van der Waals surface area contributed by atoms with Crippen LogP contribution in [0.3, 0.4) is 0 Å². The van der Waals surface area contributed by atoms with Crippen LogP contribution in [0.4, 0.5) is 10.1 Å². The van der Waals surface area contributed by atoms with Crippen LogP contribution in [-0.2, 0) is 0 Å². The molecule has 0 N–H and O–H groups in total. The zero-order chi connectivity index (χ0) is 13.8. The molecule has 0 bridgehead atoms. The zero-order valence-corrected chi connectivity index (χ0v) is 9.45. The first-order valence-electron chi connectivity index (χ1n) is 5.14. The number of aldehydes is 1. The lowest BCUT2D eigenvalue weighted by Gasteiger charge is -2.07. The highest BCUT2D eigenvalue weighted by molar-refractivity contribution is 5.78. The molecule has 0 radical (unpaired) electrons. The Balaban J connectivity index is 2.49. The summed E-state index contributed by atoms with van der Waals surface area (Å²) in [6.07, 6.45) is 1.80. The summed E-state index contributed by atoms with van der Waals surface area (Å²) in [5, 5.41) is 10.8. The van der Waals surface area contributed by atoms with Crippen LogP contribution in [0, 0.1) is 15.9 Å². The Morgan fingerprint density at radius 3 is 2.79 bits per heavy atom. The number of carbonyl (C=O) groups is 1. The van der Waals surface area contributed by atoms with E-state index in [1.54, 1.807) is 0 Å². The van der Waals surface area contributed by atoms with Crippen molar-refractivity contribution in [2.75, 3.05) is 0 Å². The minimum Gasteiger partial charge on any atom is -0.428 e. The van der Waals surface area contributed by atoms with Gasteiger partial charge in [-0.3, -0.25) is 14.9 Å². The molecule has 0 atom stereocenters. The van der Waals surface area contributed by atoms with Crippen molar-refractivity contribution in [3.05, 3.63) is 58.0 Å². The maximum atomic E-state index is 13.6. The van der Waals surface area contributed by atoms with Crippen molar-refractivity contribution in [3.8, 4) is 11.6 Å². The fraction of sp³-hybridized carbons (Fsp3) is 0. The maximum absolute atomic E-state index is 13.6. The first-order chi connectivity index (χ1) is 9.13. The van der Waals surface area contributed by atoms with Crippen LogP contribution >= 0.6 is 0 Å². The number of hydrogen-bond acceptors (Lipinski definition) is 5. The van der Waals surface area contributed by atoms with Crippen LogP contribution in [0.25, 0.3) is 0 Å². The van der Waals surface area contributed by atoms with Gasteiger partial charge >= 0.3 is 5.69 Å². The third-order valence-electron chi connectivity index (χ3n) is 2.27. The molecule has 0 saturated carbocycles. The highest BCUT2D eigenvalue weighted by atomic mass is 19.1. The van der Waals surface area contributed by atoms with Crippen molar-refractivity contribution in [1.82, 2.24) is 4.98 Å². The second-order valence-corrected chi connectivity index (χ2v) is 3.46. The Bertz CT molecular complexity index is 645. The minimum absolute atomic E-state index is 0.0695. The van der Waals surface area contributed by atoms with Crippen LogP contribution in [-0.4, -0.2) is 16.2 Å². The molecule has 96 valence electrons. The monoisotopic (exact) mass is 262 g/mol. The van der Waals surface area contributed by atoms with Crippen LogP contribution in [0.1, 0.15) is 10.4 Å². The summed E-state index contributed by atoms with van der Waals surface area (Å²) in [6.45, 7) is 0. The van der Waals surface area contributed by atoms with E-state index in [0.717, 1.165) is 12.1 Å². The largest absolute Gasteiger partial charge is 0.428 e. The molecular formula is C12H7FN2O4. The van der Waals surface area contributed by atoms with E-state index in [1.165, 1.54) is 24.4 Å². The van der Waals surface area contributed by atoms with E-state index in [-0.39, 0.29) is 11.4 Å². The molecule has 0 spiro atoms. The summed E-state index contributed by atoms with van der Waals surface area (Å²) in [5.41, 5.74) is -0.470. The van der Waals surface area contributed by atoms with E-state index < -0.39 is 22.2 Å². The molecule has 0 fully saturated rings. The fourth-order valence-electron chi connectivity index (χ4n) is 1.42. The van der Waals surface area contributed by atoms with Gasteiger partial charge in [0.05, 0.1) is 10.5 Å². The normalized spacial score (nSPS) is 9.95. The minimum atomic E-state index is -0.906. The average Bonchev–Trinajstić information content (AvgIpc) is 2.41. The van der Waals surface area contributed by atoms with Crippen molar-refractivity contribution in [1.29, 1.82) is 0 Å². The van der Waals surface area contributed by atoms with Crippen molar-refractivity contribution in [2.45, 2.75) is 0 Å². The molecule has 6 nitrogen and oxygen atoms in total. The van der Waals surface area contributed by atoms with Crippen molar-refractivity contribution < 1.29 is 18.8 Å². The molecule has 0 amide bonds. The molecule has 0 aliphatic heterocycles. The van der Waals surface area contributed by atoms with Crippen LogP contribution in [0.5, 0.6) is 11.6 Å². The molecule has 7 heteroatoms. The van der Waals surface area contributed by atoms with Gasteiger partial charge in [0, 0.05) is 12.3 Å². The van der Waals surface area contributed by atoms with Gasteiger partial charge in [0.25, 0.3) is 0 Å². The van der Waals surface area contributed by atoms with Crippen LogP contribution < -0.4 is 4.74 Å². The molecule has 0 aliphatic rings. The van der Waals surface area contributed by atoms with Gasteiger partial charge < -0.3 is 4.74 Å². The maximum Gasteiger partial charge on any atom is 0.314 e. The van der Waals surface area contributed by atoms with Gasteiger partial charge in [-0.15, -0.1) is 0 Å². The number of rotatable bonds is 4. The van der Waals surface area contributed by atoms with Gasteiger partial charge in [-0.25, -0.2) is 9.37 Å². The smallest absolute Gasteiger partial charge is 0.314 e. The zero-order valence-electron chi connectivity index (χ0n) is 9.45. The second kappa shape index (κ2) is 5.21. The number of hydrogen-bond donors (Lipinski definition) is 0. The Morgan fingerprint density at radius 1 is 1.32 bits per heavy atom. The first kappa shape index (κ1) is 12.6. The lowest BCUT2D eigenvalue weighted by Crippen LogP contribution is -1.99. The fourth-order valence-corrected chi connectivity index (χ4v) is 1.42. The van der Waals surface area contributed by atoms with Gasteiger partial charge in [0.1, 0.15) is 0 Å². The van der Waals surface area contributed by atoms with E-state index >= 15 is 0 Å². The van der Waals surface area contributed by atoms with Gasteiger partial charge in [0.15, 0.2) is 12.1 Å². The molecule has 0 unspecified atom stereocenters. The van der Waals surface area contributed by atoms with Gasteiger partial charge in [-0.2, -0.15) is 0 Å². The molecule has 2 rings (SSSR count). The SMILES string of the molecule is O=Cc1cccnc1Oc1c(F)cccc1[N+](=O)[O-]. The summed E-state index contributed by atoms with van der Waals surface area (Å²) in [5.74, 6) is -1.67. The van der Waals surface area contributed by atoms with Crippen molar-refractivity contribution in [3.63, 3.8) is 0 Å². The predicted molar refractivity (Wildman–Crippen MR) is 62.8 cm³/mol. The Kier molecular flexibility index (Phi) is 3.46. The quantitative estimate of drug-likeness (QED) is 0.480. The summed E-state index contributed by atoms with van der Waals surface area (Å²) >= 11 is 0. The third-order valence-corrected chi connectivity index (χ3v) is 2.27. The number of aromatic nitrogens is 1. The number of nitrogens with zero attached hydrogens (tertiary/aromatic N) is 2. The van der Waals surface area contributed by atoms with Crippen LogP contribution in [0.2, 0.25) is 0 Å². The average molecular weight is 262 g/mol. The number of nitro groups is 1. The van der Waals surface area contributed by atoms with Gasteiger partial charge in [0.2, 0.25) is 11.6 Å². The Labute approximate surface area is 106 Å². The van der Waals surface area contributed by atoms with Gasteiger partial charge in [-0.05, 0) is 18.2 Å². The number of pyridine rings is 1. The molecule has 1 aromatic carbocycles. The predicted octanol–water partition coefficient (Wildman–Crippen LogP) is 2.73. The van der Waals surface area contributed by atoms with Crippen molar-refractivity contribution >= 4 is 12.0 Å². The standard InChI is InChI=1S/C12H7FN2O4/c13-9-4-1-5-10(15(17)18)11(9)19-12-8(7-16)3-2-6-14-12/h1-7H. The molecule has 0 aliphatic carbocycles. The summed E-state index contributed by atoms with van der Waals surface area (Å²) in [4.78, 5) is 24.5. The van der Waals surface area contributed by atoms with E-state index in [2.05, 4.69) is 4.98 Å². The third kappa shape index (κ3) is 2.54. The van der Waals surface area contributed by atoms with Crippen molar-refractivity contribution in [2.24, 2.45) is 0 Å². The molecule has 19 heavy (non-hydrogen) atoms. The van der Waals surface area contributed by atoms with E-state index in [0.29, 0.717) is 6.29 Å². The number of nitro benzene ring substituents is 1. The van der Waals surface area contributed by atoms with Crippen LogP contribution in [0.15, 0.2) is 36.5 Å². The van der Waals surface area contributed by atoms with Gasteiger partial charge in [-0.1, -0.05) is 6.07 Å². The Hall–Kier alpha value is -2.83. The molecular weight excluding hydrogens is 255 g/mol. The molecule has 1 heterocycles. The highest BCUT2D eigenvalue weighted by Crippen LogP contribution is 2.33. The first-order valence-corrected chi connectivity index (χ1v) is 5.14.